The molecule has 0 radical (unpaired) electrons. The van der Waals surface area contributed by atoms with Crippen LogP contribution in [0.3, 0.4) is 0 Å². The van der Waals surface area contributed by atoms with Crippen LogP contribution in [-0.4, -0.2) is 15.0 Å². The topological polar surface area (TPSA) is 55.7 Å². The van der Waals surface area contributed by atoms with Crippen LogP contribution in [0.25, 0.3) is 99.5 Å². The molecule has 1 saturated carbocycles. The van der Waals surface area contributed by atoms with Crippen LogP contribution in [0.1, 0.15) is 43.2 Å². The van der Waals surface area contributed by atoms with Crippen LogP contribution >= 0.6 is 7.14 Å². The smallest absolute Gasteiger partial charge is 0.172 e. The highest BCUT2D eigenvalue weighted by Gasteiger charge is 2.37. The van der Waals surface area contributed by atoms with E-state index in [1.165, 1.54) is 23.1 Å². The van der Waals surface area contributed by atoms with Crippen LogP contribution in [-0.2, 0) is 9.98 Å². The van der Waals surface area contributed by atoms with Crippen molar-refractivity contribution in [1.29, 1.82) is 0 Å². The molecule has 4 nitrogen and oxygen atoms in total. The van der Waals surface area contributed by atoms with Gasteiger partial charge in [-0.25, -0.2) is 15.0 Å². The summed E-state index contributed by atoms with van der Waals surface area (Å²) >= 11 is 0. The van der Waals surface area contributed by atoms with E-state index in [0.29, 0.717) is 17.5 Å². The maximum absolute atomic E-state index is 16.3. The highest BCUT2D eigenvalue weighted by molar-refractivity contribution is 7.86. The first-order valence-electron chi connectivity index (χ1n) is 27.2. The van der Waals surface area contributed by atoms with E-state index in [-0.39, 0.29) is 5.41 Å². The van der Waals surface area contributed by atoms with Crippen molar-refractivity contribution in [1.82, 2.24) is 15.0 Å². The SMILES string of the molecule is O=P(c1ccccc1)(c1ccccc1)c1c2ccccc2c(-c2ccc(C3(c4ccc(-c5nc(-c6ccc(-c7ccccc7)cc6)nc(-c6c7ccccc7cc7ccccc67)n5)cc4)CCCCC3)cc2)c2ccccc12. The molecule has 0 bridgehead atoms. The van der Waals surface area contributed by atoms with E-state index in [1.54, 1.807) is 0 Å². The second kappa shape index (κ2) is 19.8. The molecule has 0 spiro atoms. The van der Waals surface area contributed by atoms with Crippen LogP contribution in [0, 0.1) is 0 Å². The molecule has 0 saturated heterocycles. The molecule has 372 valence electrons. The van der Waals surface area contributed by atoms with Crippen LogP contribution in [0.15, 0.2) is 267 Å². The van der Waals surface area contributed by atoms with Crippen molar-refractivity contribution in [3.8, 4) is 56.4 Å². The molecular formula is C73H54N3OP. The van der Waals surface area contributed by atoms with Crippen molar-refractivity contribution in [2.24, 2.45) is 0 Å². The maximum atomic E-state index is 16.3. The summed E-state index contributed by atoms with van der Waals surface area (Å²) in [4.78, 5) is 16.0. The molecule has 0 unspecified atom stereocenters. The van der Waals surface area contributed by atoms with Crippen molar-refractivity contribution < 1.29 is 4.57 Å². The molecule has 1 aromatic heterocycles. The zero-order chi connectivity index (χ0) is 52.0. The first-order valence-corrected chi connectivity index (χ1v) is 28.9. The molecule has 1 fully saturated rings. The zero-order valence-electron chi connectivity index (χ0n) is 43.1. The number of hydrogen-bond donors (Lipinski definition) is 0. The Morgan fingerprint density at radius 2 is 0.679 bits per heavy atom. The molecular weight excluding hydrogens is 966 g/mol. The summed E-state index contributed by atoms with van der Waals surface area (Å²) in [5.41, 5.74) is 9.96. The van der Waals surface area contributed by atoms with Crippen molar-refractivity contribution in [2.45, 2.75) is 37.5 Å². The van der Waals surface area contributed by atoms with Gasteiger partial charge in [0.15, 0.2) is 24.6 Å². The van der Waals surface area contributed by atoms with Gasteiger partial charge in [0.25, 0.3) is 0 Å². The predicted molar refractivity (Wildman–Crippen MR) is 327 cm³/mol. The Morgan fingerprint density at radius 1 is 0.308 bits per heavy atom. The second-order valence-corrected chi connectivity index (χ2v) is 23.5. The van der Waals surface area contributed by atoms with E-state index in [0.717, 1.165) is 118 Å². The molecule has 12 aromatic carbocycles. The van der Waals surface area contributed by atoms with Gasteiger partial charge in [-0.2, -0.15) is 0 Å². The first kappa shape index (κ1) is 47.4. The largest absolute Gasteiger partial charge is 0.309 e. The fourth-order valence-electron chi connectivity index (χ4n) is 12.7. The number of rotatable bonds is 10. The normalized spacial score (nSPS) is 13.5. The first-order chi connectivity index (χ1) is 38.5. The summed E-state index contributed by atoms with van der Waals surface area (Å²) in [6.45, 7) is 0. The Hall–Kier alpha value is -9.08. The Kier molecular flexibility index (Phi) is 12.0. The lowest BCUT2D eigenvalue weighted by Crippen LogP contribution is -2.30. The average molecular weight is 1020 g/mol. The van der Waals surface area contributed by atoms with Crippen LogP contribution in [0.4, 0.5) is 0 Å². The minimum absolute atomic E-state index is 0.168. The molecule has 0 N–H and O–H groups in total. The van der Waals surface area contributed by atoms with Gasteiger partial charge in [-0.3, -0.25) is 0 Å². The number of aromatic nitrogens is 3. The lowest BCUT2D eigenvalue weighted by atomic mass is 9.65. The van der Waals surface area contributed by atoms with Gasteiger partial charge in [-0.05, 0) is 95.4 Å². The van der Waals surface area contributed by atoms with E-state index < -0.39 is 7.14 Å². The lowest BCUT2D eigenvalue weighted by molar-refractivity contribution is 0.346. The predicted octanol–water partition coefficient (Wildman–Crippen LogP) is 17.7. The van der Waals surface area contributed by atoms with Crippen molar-refractivity contribution in [3.05, 3.63) is 278 Å². The monoisotopic (exact) mass is 1020 g/mol. The number of nitrogens with zero attached hydrogens (tertiary/aromatic N) is 3. The Balaban J connectivity index is 0.872. The molecule has 0 atom stereocenters. The van der Waals surface area contributed by atoms with Gasteiger partial charge in [0.1, 0.15) is 0 Å². The van der Waals surface area contributed by atoms with E-state index in [9.17, 15) is 0 Å². The second-order valence-electron chi connectivity index (χ2n) is 20.8. The fourth-order valence-corrected chi connectivity index (χ4v) is 15.7. The standard InChI is InChI=1S/C73H54N3OP/c77-78(59-25-7-2-8-26-59,60-27-9-3-10-28-60)69-65-33-17-15-31-63(65)67(64-32-16-18-34-66(64)69)52-39-43-57(44-40-52)73(47-19-4-20-48-73)58-45-41-54(42-46-58)71-74-70(53-37-35-51(36-38-53)50-21-5-1-6-22-50)75-72(76-71)68-61-29-13-11-23-55(61)49-56-24-12-14-30-62(56)68/h1-3,5-18,21-46,49H,4,19-20,47-48H2. The summed E-state index contributed by atoms with van der Waals surface area (Å²) in [5, 5.41) is 11.3. The number of fused-ring (bicyclic) bond motifs is 4. The van der Waals surface area contributed by atoms with Gasteiger partial charge in [-0.1, -0.05) is 280 Å². The summed E-state index contributed by atoms with van der Waals surface area (Å²) in [5.74, 6) is 1.93. The van der Waals surface area contributed by atoms with Crippen molar-refractivity contribution in [2.75, 3.05) is 0 Å². The molecule has 1 heterocycles. The van der Waals surface area contributed by atoms with Gasteiger partial charge in [-0.15, -0.1) is 0 Å². The number of hydrogen-bond acceptors (Lipinski definition) is 4. The lowest BCUT2D eigenvalue weighted by Gasteiger charge is -2.39. The maximum Gasteiger partial charge on any atom is 0.172 e. The van der Waals surface area contributed by atoms with Gasteiger partial charge in [0.05, 0.1) is 0 Å². The molecule has 0 amide bonds. The average Bonchev–Trinajstić information content (AvgIpc) is 3.65. The van der Waals surface area contributed by atoms with Gasteiger partial charge < -0.3 is 4.57 Å². The van der Waals surface area contributed by atoms with E-state index in [4.69, 9.17) is 15.0 Å². The Labute approximate surface area is 455 Å². The third kappa shape index (κ3) is 8.15. The molecule has 1 aliphatic carbocycles. The molecule has 78 heavy (non-hydrogen) atoms. The third-order valence-corrected chi connectivity index (χ3v) is 19.6. The minimum atomic E-state index is -3.35. The highest BCUT2D eigenvalue weighted by atomic mass is 31.2. The van der Waals surface area contributed by atoms with Crippen molar-refractivity contribution >= 4 is 66.1 Å². The van der Waals surface area contributed by atoms with E-state index in [1.807, 2.05) is 66.7 Å². The minimum Gasteiger partial charge on any atom is -0.309 e. The Morgan fingerprint density at radius 3 is 1.18 bits per heavy atom. The van der Waals surface area contributed by atoms with Crippen LogP contribution in [0.5, 0.6) is 0 Å². The number of benzene rings is 12. The third-order valence-electron chi connectivity index (χ3n) is 16.5. The molecule has 0 aliphatic heterocycles. The van der Waals surface area contributed by atoms with E-state index in [2.05, 4.69) is 200 Å². The Bertz CT molecular complexity index is 4250. The zero-order valence-corrected chi connectivity index (χ0v) is 44.0. The van der Waals surface area contributed by atoms with Crippen LogP contribution < -0.4 is 15.9 Å². The van der Waals surface area contributed by atoms with Crippen LogP contribution in [0.2, 0.25) is 0 Å². The van der Waals surface area contributed by atoms with Crippen molar-refractivity contribution in [3.63, 3.8) is 0 Å². The van der Waals surface area contributed by atoms with Gasteiger partial charge in [0.2, 0.25) is 0 Å². The molecule has 5 heteroatoms. The molecule has 13 aromatic rings. The summed E-state index contributed by atoms with van der Waals surface area (Å²) < 4.78 is 16.3. The van der Waals surface area contributed by atoms with Gasteiger partial charge in [0, 0.05) is 38.0 Å². The summed E-state index contributed by atoms with van der Waals surface area (Å²) in [6, 6.07) is 94.2. The van der Waals surface area contributed by atoms with E-state index >= 15 is 4.57 Å². The summed E-state index contributed by atoms with van der Waals surface area (Å²) in [6.07, 6.45) is 5.67. The van der Waals surface area contributed by atoms with Gasteiger partial charge >= 0.3 is 0 Å². The molecule has 1 aliphatic rings. The quantitative estimate of drug-likeness (QED) is 0.101. The fraction of sp³-hybridized carbons (Fsp3) is 0.0822. The summed E-state index contributed by atoms with van der Waals surface area (Å²) in [7, 11) is -3.35. The molecule has 14 rings (SSSR count). The highest BCUT2D eigenvalue weighted by Crippen LogP contribution is 2.50.